The van der Waals surface area contributed by atoms with Crippen LogP contribution in [0, 0.1) is 11.8 Å². The maximum atomic E-state index is 10.4. The molecule has 0 spiro atoms. The summed E-state index contributed by atoms with van der Waals surface area (Å²) in [6.07, 6.45) is 0.514. The summed E-state index contributed by atoms with van der Waals surface area (Å²) < 4.78 is 0. The minimum absolute atomic E-state index is 0.0208. The second-order valence-corrected chi connectivity index (χ2v) is 12.0. The Hall–Kier alpha value is -5.58. The number of hydrogen-bond donors (Lipinski definition) is 18. The van der Waals surface area contributed by atoms with Crippen molar-refractivity contribution >= 4 is 47.7 Å². The van der Waals surface area contributed by atoms with E-state index >= 15 is 0 Å². The Labute approximate surface area is 333 Å². The van der Waals surface area contributed by atoms with Crippen LogP contribution in [0.4, 0.5) is 0 Å². The fourth-order valence-corrected chi connectivity index (χ4v) is 2.33. The molecule has 0 bridgehead atoms. The van der Waals surface area contributed by atoms with Crippen molar-refractivity contribution in [2.75, 3.05) is 19.8 Å². The lowest BCUT2D eigenvalue weighted by Crippen LogP contribution is -2.34. The number of carboxylic acids is 7. The van der Waals surface area contributed by atoms with Gasteiger partial charge in [0.25, 0.3) is 0 Å². The van der Waals surface area contributed by atoms with Gasteiger partial charge < -0.3 is 96.9 Å². The van der Waals surface area contributed by atoms with Gasteiger partial charge in [-0.1, -0.05) is 39.8 Å². The topological polar surface area (TPSA) is 547 Å². The van der Waals surface area contributed by atoms with E-state index in [9.17, 15) is 38.4 Å². The highest BCUT2D eigenvalue weighted by molar-refractivity contribution is 5.83. The molecule has 6 atom stereocenters. The summed E-state index contributed by atoms with van der Waals surface area (Å²) in [6, 6.07) is 0.608. The molecule has 0 aliphatic rings. The van der Waals surface area contributed by atoms with Gasteiger partial charge in [-0.3, -0.25) is 38.4 Å². The van der Waals surface area contributed by atoms with Gasteiger partial charge in [-0.25, -0.2) is 0 Å². The minimum Gasteiger partial charge on any atom is -0.508 e. The third-order valence-corrected chi connectivity index (χ3v) is 5.70. The van der Waals surface area contributed by atoms with E-state index in [1.54, 1.807) is 26.0 Å². The van der Waals surface area contributed by atoms with Crippen molar-refractivity contribution in [3.8, 4) is 5.75 Å². The van der Waals surface area contributed by atoms with Crippen molar-refractivity contribution in [2.24, 2.45) is 57.7 Å². The van der Waals surface area contributed by atoms with Gasteiger partial charge in [0.15, 0.2) is 0 Å². The van der Waals surface area contributed by atoms with Gasteiger partial charge in [0.1, 0.15) is 42.0 Å². The Morgan fingerprint density at radius 1 is 0.552 bits per heavy atom. The largest absolute Gasteiger partial charge is 0.508 e. The summed E-state index contributed by atoms with van der Waals surface area (Å²) in [7, 11) is 0. The summed E-state index contributed by atoms with van der Waals surface area (Å²) in [5, 5.41) is 81.5. The number of nitrogens with two attached hydrogens (primary N) is 8. The van der Waals surface area contributed by atoms with Crippen LogP contribution in [0.5, 0.6) is 5.75 Å². The first-order valence-corrected chi connectivity index (χ1v) is 16.5. The monoisotopic (exact) mass is 846 g/mol. The summed E-state index contributed by atoms with van der Waals surface area (Å²) in [5.41, 5.74) is 40.2. The van der Waals surface area contributed by atoms with Gasteiger partial charge in [-0.05, 0) is 42.4 Å². The Morgan fingerprint density at radius 3 is 1.02 bits per heavy atom. The van der Waals surface area contributed by atoms with Gasteiger partial charge in [0.2, 0.25) is 5.91 Å². The molecule has 0 saturated heterocycles. The molecule has 0 aliphatic carbocycles. The van der Waals surface area contributed by atoms with Gasteiger partial charge in [-0.2, -0.15) is 0 Å². The van der Waals surface area contributed by atoms with E-state index in [1.807, 2.05) is 13.8 Å². The number of carboxylic acid groups (broad SMARTS) is 7. The van der Waals surface area contributed by atoms with Crippen molar-refractivity contribution in [3.63, 3.8) is 0 Å². The summed E-state index contributed by atoms with van der Waals surface area (Å²) >= 11 is 0. The fourth-order valence-electron chi connectivity index (χ4n) is 2.33. The van der Waals surface area contributed by atoms with Crippen molar-refractivity contribution in [1.82, 2.24) is 0 Å². The number of aliphatic hydroxyl groups excluding tert-OH is 2. The molecule has 0 fully saturated rings. The third-order valence-electron chi connectivity index (χ3n) is 5.70. The first-order valence-electron chi connectivity index (χ1n) is 16.5. The first kappa shape index (κ1) is 64.3. The molecule has 26 nitrogen and oxygen atoms in total. The highest BCUT2D eigenvalue weighted by Gasteiger charge is 2.15. The molecule has 0 heterocycles. The molecule has 338 valence electrons. The number of phenolic OH excluding ortho intramolecular Hbond substituents is 1. The van der Waals surface area contributed by atoms with Gasteiger partial charge >= 0.3 is 41.8 Å². The second kappa shape index (κ2) is 38.3. The Balaban J connectivity index is -0.000000139. The molecule has 0 unspecified atom stereocenters. The number of hydrogen-bond acceptors (Lipinski definition) is 18. The van der Waals surface area contributed by atoms with E-state index in [4.69, 9.17) is 85.5 Å². The van der Waals surface area contributed by atoms with Crippen LogP contribution in [-0.2, 0) is 44.8 Å². The Bertz CT molecular complexity index is 1320. The number of aliphatic hydroxyl groups is 2. The number of rotatable bonds is 16. The average Bonchev–Trinajstić information content (AvgIpc) is 3.12. The second-order valence-electron chi connectivity index (χ2n) is 12.0. The number of aromatic hydroxyl groups is 1. The van der Waals surface area contributed by atoms with Crippen LogP contribution < -0.4 is 45.9 Å². The van der Waals surface area contributed by atoms with Gasteiger partial charge in [0.05, 0.1) is 26.2 Å². The van der Waals surface area contributed by atoms with Crippen molar-refractivity contribution in [1.29, 1.82) is 0 Å². The number of carbonyl (C=O) groups excluding carboxylic acids is 1. The summed E-state index contributed by atoms with van der Waals surface area (Å²) in [4.78, 5) is 79.0. The van der Waals surface area contributed by atoms with Crippen molar-refractivity contribution in [2.45, 2.75) is 83.2 Å². The van der Waals surface area contributed by atoms with Crippen LogP contribution in [0.15, 0.2) is 24.3 Å². The molecular formula is C32H62N8O18. The third kappa shape index (κ3) is 48.4. The predicted octanol–water partition coefficient (Wildman–Crippen LogP) is -5.07. The number of phenols is 1. The molecule has 58 heavy (non-hydrogen) atoms. The maximum absolute atomic E-state index is 10.4. The van der Waals surface area contributed by atoms with Crippen molar-refractivity contribution < 1.29 is 89.4 Å². The fraction of sp³-hybridized carbons (Fsp3) is 0.562. The number of carbonyl (C=O) groups is 8. The lowest BCUT2D eigenvalue weighted by Gasteiger charge is -2.07. The quantitative estimate of drug-likeness (QED) is 0.0740. The van der Waals surface area contributed by atoms with E-state index in [-0.39, 0.29) is 31.1 Å². The standard InChI is InChI=1S/C9H11NO3.C6H13NO2.C5H11NO2.C4H8N2O3.2C3H7NO3.C2H5NO2/c10-8(9(12)13)5-6-1-3-7(11)4-2-6;1-4(2)3-5(7)6(8)9;1-3(2)4(6)5(7)8;5-2(4(8)9)1-3(6)7;2*4-2(1-5)3(6)7;3-1-2(4)5/h1-4,8,11H,5,10H2,(H,12,13);4-5H,3,7H2,1-2H3,(H,8,9);3-4H,6H2,1-2H3,(H,7,8);2H,1,5H2,(H2,6,7)(H,8,9);2*2,5H,1,4H2,(H,6,7);1,3H2,(H,4,5)/t8-;5-;4-;3*2-;/m000000./s1. The molecule has 1 aromatic carbocycles. The number of primary amides is 1. The zero-order valence-corrected chi connectivity index (χ0v) is 32.5. The minimum atomic E-state index is -1.21. The van der Waals surface area contributed by atoms with Crippen LogP contribution in [0.1, 0.15) is 46.1 Å². The van der Waals surface area contributed by atoms with Crippen LogP contribution in [0.2, 0.25) is 0 Å². The molecule has 0 aliphatic heterocycles. The molecular weight excluding hydrogens is 784 g/mol. The zero-order chi connectivity index (χ0) is 47.5. The molecule has 0 radical (unpaired) electrons. The number of benzene rings is 1. The van der Waals surface area contributed by atoms with Gasteiger partial charge in [0, 0.05) is 0 Å². The molecule has 26 heteroatoms. The van der Waals surface area contributed by atoms with E-state index < -0.39 is 97.2 Å². The van der Waals surface area contributed by atoms with E-state index in [1.165, 1.54) is 12.1 Å². The predicted molar refractivity (Wildman–Crippen MR) is 204 cm³/mol. The highest BCUT2D eigenvalue weighted by Crippen LogP contribution is 2.10. The Kier molecular flexibility index (Phi) is 42.5. The summed E-state index contributed by atoms with van der Waals surface area (Å²) in [6.45, 7) is 6.16. The van der Waals surface area contributed by atoms with Crippen LogP contribution in [-0.4, -0.2) is 155 Å². The molecule has 0 saturated carbocycles. The zero-order valence-electron chi connectivity index (χ0n) is 32.5. The SMILES string of the molecule is CC(C)C[C@H](N)C(=O)O.CC(C)[C@H](N)C(=O)O.NC(=O)C[C@H](N)C(=O)O.NCC(=O)O.N[C@@H](CO)C(=O)O.N[C@@H](CO)C(=O)O.N[C@@H](Cc1ccc(O)cc1)C(=O)O. The Morgan fingerprint density at radius 2 is 0.879 bits per heavy atom. The molecule has 1 rings (SSSR count). The van der Waals surface area contributed by atoms with Crippen molar-refractivity contribution in [3.05, 3.63) is 29.8 Å². The normalized spacial score (nSPS) is 12.7. The molecule has 26 N–H and O–H groups in total. The van der Waals surface area contributed by atoms with Crippen LogP contribution in [0.3, 0.4) is 0 Å². The van der Waals surface area contributed by atoms with E-state index in [0.717, 1.165) is 5.56 Å². The number of amides is 1. The van der Waals surface area contributed by atoms with Crippen LogP contribution in [0.25, 0.3) is 0 Å². The molecule has 1 aromatic rings. The highest BCUT2D eigenvalue weighted by atomic mass is 16.4. The van der Waals surface area contributed by atoms with E-state index in [2.05, 4.69) is 11.5 Å². The van der Waals surface area contributed by atoms with E-state index in [0.29, 0.717) is 12.3 Å². The first-order chi connectivity index (χ1) is 26.4. The van der Waals surface area contributed by atoms with Crippen LogP contribution >= 0.6 is 0 Å². The maximum Gasteiger partial charge on any atom is 0.322 e. The smallest absolute Gasteiger partial charge is 0.322 e. The lowest BCUT2D eigenvalue weighted by molar-refractivity contribution is -0.140. The van der Waals surface area contributed by atoms with Gasteiger partial charge in [-0.15, -0.1) is 0 Å². The average molecular weight is 847 g/mol. The lowest BCUT2D eigenvalue weighted by atomic mass is 10.1. The molecule has 0 aromatic heterocycles. The molecule has 1 amide bonds. The number of aliphatic carboxylic acids is 7. The summed E-state index contributed by atoms with van der Waals surface area (Å²) in [5.74, 6) is -7.57.